The number of ether oxygens (including phenoxy) is 1. The van der Waals surface area contributed by atoms with Gasteiger partial charge in [0.1, 0.15) is 5.75 Å². The predicted octanol–water partition coefficient (Wildman–Crippen LogP) is 4.18. The van der Waals surface area contributed by atoms with Crippen molar-refractivity contribution in [3.05, 3.63) is 75.2 Å². The maximum Gasteiger partial charge on any atom is 0.276 e. The minimum Gasteiger partial charge on any atom is -0.497 e. The van der Waals surface area contributed by atoms with E-state index >= 15 is 0 Å². The molecule has 0 spiro atoms. The van der Waals surface area contributed by atoms with Crippen molar-refractivity contribution in [2.24, 2.45) is 0 Å². The van der Waals surface area contributed by atoms with Gasteiger partial charge >= 0.3 is 0 Å². The zero-order valence-corrected chi connectivity index (χ0v) is 15.2. The zero-order valence-electron chi connectivity index (χ0n) is 14.3. The number of nitro benzene ring substituents is 1. The summed E-state index contributed by atoms with van der Waals surface area (Å²) in [6.07, 6.45) is 0.535. The van der Waals surface area contributed by atoms with E-state index in [-0.39, 0.29) is 10.6 Å². The van der Waals surface area contributed by atoms with Gasteiger partial charge in [-0.05, 0) is 30.2 Å². The second-order valence-electron chi connectivity index (χ2n) is 5.59. The molecule has 0 unspecified atom stereocenters. The molecule has 0 aliphatic rings. The molecule has 1 heterocycles. The number of benzene rings is 2. The molecule has 134 valence electrons. The smallest absolute Gasteiger partial charge is 0.276 e. The van der Waals surface area contributed by atoms with Crippen LogP contribution >= 0.6 is 11.8 Å². The minimum absolute atomic E-state index is 0.119. The highest BCUT2D eigenvalue weighted by Gasteiger charge is 2.14. The molecule has 3 rings (SSSR count). The summed E-state index contributed by atoms with van der Waals surface area (Å²) in [5, 5.41) is 19.6. The molecular formula is C18H17N3O4S. The second-order valence-corrected chi connectivity index (χ2v) is 6.52. The zero-order chi connectivity index (χ0) is 18.5. The fraction of sp³-hybridized carbons (Fsp3) is 0.222. The molecule has 0 saturated heterocycles. The molecule has 0 aliphatic heterocycles. The van der Waals surface area contributed by atoms with Crippen LogP contribution < -0.4 is 4.74 Å². The largest absolute Gasteiger partial charge is 0.497 e. The second kappa shape index (κ2) is 8.01. The van der Waals surface area contributed by atoms with Crippen molar-refractivity contribution >= 4 is 17.4 Å². The summed E-state index contributed by atoms with van der Waals surface area (Å²) in [6.45, 7) is 1.75. The summed E-state index contributed by atoms with van der Waals surface area (Å²) in [6, 6.07) is 12.7. The molecule has 0 fully saturated rings. The molecule has 1 aromatic heterocycles. The van der Waals surface area contributed by atoms with Crippen molar-refractivity contribution in [1.29, 1.82) is 0 Å². The standard InChI is InChI=1S/C18H17N3O4S/c1-12-14(4-3-5-16(12)21(22)23)11-26-18-20-19-17(25-18)10-13-6-8-15(24-2)9-7-13/h3-9H,10-11H2,1-2H3. The Balaban J connectivity index is 1.63. The molecule has 7 nitrogen and oxygen atoms in total. The number of aromatic nitrogens is 2. The third-order valence-electron chi connectivity index (χ3n) is 3.93. The van der Waals surface area contributed by atoms with E-state index in [1.807, 2.05) is 30.3 Å². The quantitative estimate of drug-likeness (QED) is 0.349. The van der Waals surface area contributed by atoms with Crippen LogP contribution in [0.1, 0.15) is 22.6 Å². The van der Waals surface area contributed by atoms with Crippen LogP contribution in [0.3, 0.4) is 0 Å². The van der Waals surface area contributed by atoms with Gasteiger partial charge in [0.15, 0.2) is 0 Å². The number of rotatable bonds is 7. The van der Waals surface area contributed by atoms with Crippen molar-refractivity contribution in [2.75, 3.05) is 7.11 Å². The first-order chi connectivity index (χ1) is 12.6. The number of nitro groups is 1. The van der Waals surface area contributed by atoms with Gasteiger partial charge in [0, 0.05) is 17.4 Å². The lowest BCUT2D eigenvalue weighted by atomic mass is 10.1. The van der Waals surface area contributed by atoms with Gasteiger partial charge in [-0.15, -0.1) is 10.2 Å². The highest BCUT2D eigenvalue weighted by Crippen LogP contribution is 2.28. The lowest BCUT2D eigenvalue weighted by molar-refractivity contribution is -0.385. The summed E-state index contributed by atoms with van der Waals surface area (Å²) < 4.78 is 10.8. The Morgan fingerprint density at radius 3 is 2.65 bits per heavy atom. The average Bonchev–Trinajstić information content (AvgIpc) is 3.08. The highest BCUT2D eigenvalue weighted by molar-refractivity contribution is 7.98. The molecule has 26 heavy (non-hydrogen) atoms. The molecule has 0 aliphatic carbocycles. The van der Waals surface area contributed by atoms with Crippen LogP contribution in [0.15, 0.2) is 52.1 Å². The first-order valence-electron chi connectivity index (χ1n) is 7.88. The number of hydrogen-bond donors (Lipinski definition) is 0. The maximum absolute atomic E-state index is 11.0. The molecule has 0 N–H and O–H groups in total. The van der Waals surface area contributed by atoms with Crippen molar-refractivity contribution in [2.45, 2.75) is 24.3 Å². The van der Waals surface area contributed by atoms with Gasteiger partial charge in [-0.3, -0.25) is 10.1 Å². The van der Waals surface area contributed by atoms with Crippen LogP contribution in [0.4, 0.5) is 5.69 Å². The molecule has 8 heteroatoms. The molecule has 0 bridgehead atoms. The van der Waals surface area contributed by atoms with Crippen molar-refractivity contribution in [3.8, 4) is 5.75 Å². The first kappa shape index (κ1) is 17.9. The van der Waals surface area contributed by atoms with E-state index in [1.165, 1.54) is 17.8 Å². The number of nitrogens with zero attached hydrogens (tertiary/aromatic N) is 3. The summed E-state index contributed by atoms with van der Waals surface area (Å²) in [4.78, 5) is 10.6. The SMILES string of the molecule is COc1ccc(Cc2nnc(SCc3cccc([N+](=O)[O-])c3C)o2)cc1. The van der Waals surface area contributed by atoms with Crippen LogP contribution in [0, 0.1) is 17.0 Å². The normalized spacial score (nSPS) is 10.7. The Kier molecular flexibility index (Phi) is 5.52. The lowest BCUT2D eigenvalue weighted by Gasteiger charge is -2.04. The predicted molar refractivity (Wildman–Crippen MR) is 97.5 cm³/mol. The van der Waals surface area contributed by atoms with Crippen molar-refractivity contribution in [1.82, 2.24) is 10.2 Å². The average molecular weight is 371 g/mol. The summed E-state index contributed by atoms with van der Waals surface area (Å²) in [7, 11) is 1.62. The Labute approximate surface area is 154 Å². The Hall–Kier alpha value is -2.87. The van der Waals surface area contributed by atoms with Gasteiger partial charge < -0.3 is 9.15 Å². The molecule has 0 radical (unpaired) electrons. The Morgan fingerprint density at radius 1 is 1.19 bits per heavy atom. The van der Waals surface area contributed by atoms with E-state index in [2.05, 4.69) is 10.2 Å². The maximum atomic E-state index is 11.0. The fourth-order valence-corrected chi connectivity index (χ4v) is 3.29. The van der Waals surface area contributed by atoms with Gasteiger partial charge in [-0.1, -0.05) is 36.0 Å². The minimum atomic E-state index is -0.372. The summed E-state index contributed by atoms with van der Waals surface area (Å²) in [5.41, 5.74) is 2.69. The lowest BCUT2D eigenvalue weighted by Crippen LogP contribution is -1.95. The van der Waals surface area contributed by atoms with Crippen molar-refractivity contribution < 1.29 is 14.1 Å². The van der Waals surface area contributed by atoms with E-state index in [4.69, 9.17) is 9.15 Å². The van der Waals surface area contributed by atoms with Gasteiger partial charge in [-0.2, -0.15) is 0 Å². The van der Waals surface area contributed by atoms with Gasteiger partial charge in [0.05, 0.1) is 18.5 Å². The third-order valence-corrected chi connectivity index (χ3v) is 4.80. The van der Waals surface area contributed by atoms with E-state index in [1.54, 1.807) is 20.1 Å². The van der Waals surface area contributed by atoms with Crippen LogP contribution in [-0.2, 0) is 12.2 Å². The van der Waals surface area contributed by atoms with Crippen LogP contribution in [0.25, 0.3) is 0 Å². The molecule has 3 aromatic rings. The van der Waals surface area contributed by atoms with Gasteiger partial charge in [0.25, 0.3) is 10.9 Å². The first-order valence-corrected chi connectivity index (χ1v) is 8.86. The number of hydrogen-bond acceptors (Lipinski definition) is 7. The van der Waals surface area contributed by atoms with Crippen LogP contribution in [0.5, 0.6) is 5.75 Å². The van der Waals surface area contributed by atoms with E-state index < -0.39 is 0 Å². The van der Waals surface area contributed by atoms with Crippen LogP contribution in [0.2, 0.25) is 0 Å². The van der Waals surface area contributed by atoms with Gasteiger partial charge in [0.2, 0.25) is 5.89 Å². The Bertz CT molecular complexity index is 909. The topological polar surface area (TPSA) is 91.3 Å². The fourth-order valence-electron chi connectivity index (χ4n) is 2.45. The molecule has 0 saturated carbocycles. The number of thioether (sulfide) groups is 1. The molecule has 2 aromatic carbocycles. The van der Waals surface area contributed by atoms with Crippen molar-refractivity contribution in [3.63, 3.8) is 0 Å². The molecular weight excluding hydrogens is 354 g/mol. The van der Waals surface area contributed by atoms with E-state index in [9.17, 15) is 10.1 Å². The summed E-state index contributed by atoms with van der Waals surface area (Å²) >= 11 is 1.36. The number of methoxy groups -OCH3 is 1. The monoisotopic (exact) mass is 371 g/mol. The third kappa shape index (κ3) is 4.20. The Morgan fingerprint density at radius 2 is 1.96 bits per heavy atom. The van der Waals surface area contributed by atoms with E-state index in [0.717, 1.165) is 16.9 Å². The van der Waals surface area contributed by atoms with E-state index in [0.29, 0.717) is 28.9 Å². The van der Waals surface area contributed by atoms with Crippen LogP contribution in [-0.4, -0.2) is 22.2 Å². The molecule has 0 atom stereocenters. The molecule has 0 amide bonds. The van der Waals surface area contributed by atoms with Gasteiger partial charge in [-0.25, -0.2) is 0 Å². The summed E-state index contributed by atoms with van der Waals surface area (Å²) in [5.74, 6) is 1.84. The highest BCUT2D eigenvalue weighted by atomic mass is 32.2.